The van der Waals surface area contributed by atoms with E-state index in [0.717, 1.165) is 18.4 Å². The molecular weight excluding hydrogens is 208 g/mol. The van der Waals surface area contributed by atoms with Crippen molar-refractivity contribution in [1.29, 1.82) is 0 Å². The Labute approximate surface area is 103 Å². The molecule has 0 bridgehead atoms. The van der Waals surface area contributed by atoms with Crippen molar-refractivity contribution >= 4 is 10.8 Å². The summed E-state index contributed by atoms with van der Waals surface area (Å²) in [5.74, 6) is 0. The van der Waals surface area contributed by atoms with E-state index in [0.29, 0.717) is 0 Å². The second-order valence-electron chi connectivity index (χ2n) is 5.13. The van der Waals surface area contributed by atoms with Crippen LogP contribution >= 0.6 is 0 Å². The molecule has 1 nitrogen and oxygen atoms in total. The van der Waals surface area contributed by atoms with Gasteiger partial charge in [-0.2, -0.15) is 0 Å². The van der Waals surface area contributed by atoms with E-state index in [9.17, 15) is 5.11 Å². The standard InChI is InChI=1S/C16H20O/c1-4-7-12-10-11-15(16(2,3)17)14-9-6-5-8-13(12)14/h5-6,8-11,17H,4,7H2,1-3H3. The van der Waals surface area contributed by atoms with Gasteiger partial charge in [-0.3, -0.25) is 0 Å². The summed E-state index contributed by atoms with van der Waals surface area (Å²) in [6.45, 7) is 5.88. The van der Waals surface area contributed by atoms with E-state index < -0.39 is 5.60 Å². The van der Waals surface area contributed by atoms with Crippen molar-refractivity contribution in [2.45, 2.75) is 39.2 Å². The van der Waals surface area contributed by atoms with Gasteiger partial charge in [0.15, 0.2) is 0 Å². The molecule has 0 aromatic heterocycles. The van der Waals surface area contributed by atoms with Gasteiger partial charge in [-0.1, -0.05) is 49.7 Å². The zero-order valence-electron chi connectivity index (χ0n) is 10.8. The van der Waals surface area contributed by atoms with Gasteiger partial charge in [-0.05, 0) is 42.2 Å². The second-order valence-corrected chi connectivity index (χ2v) is 5.13. The van der Waals surface area contributed by atoms with Gasteiger partial charge in [0.05, 0.1) is 5.60 Å². The van der Waals surface area contributed by atoms with Crippen LogP contribution in [0.15, 0.2) is 36.4 Å². The molecule has 0 aliphatic rings. The number of benzene rings is 2. The lowest BCUT2D eigenvalue weighted by Crippen LogP contribution is -2.16. The Bertz CT molecular complexity index is 521. The van der Waals surface area contributed by atoms with E-state index in [-0.39, 0.29) is 0 Å². The van der Waals surface area contributed by atoms with Crippen LogP contribution in [0.4, 0.5) is 0 Å². The first kappa shape index (κ1) is 12.1. The largest absolute Gasteiger partial charge is 0.386 e. The maximum absolute atomic E-state index is 10.2. The monoisotopic (exact) mass is 228 g/mol. The topological polar surface area (TPSA) is 20.2 Å². The van der Waals surface area contributed by atoms with Crippen LogP contribution in [0.25, 0.3) is 10.8 Å². The lowest BCUT2D eigenvalue weighted by atomic mass is 9.89. The quantitative estimate of drug-likeness (QED) is 0.841. The number of aliphatic hydroxyl groups is 1. The Morgan fingerprint density at radius 1 is 1.00 bits per heavy atom. The molecule has 2 rings (SSSR count). The van der Waals surface area contributed by atoms with Gasteiger partial charge in [0.1, 0.15) is 0 Å². The molecule has 0 heterocycles. The lowest BCUT2D eigenvalue weighted by molar-refractivity contribution is 0.0802. The molecule has 0 aliphatic heterocycles. The highest BCUT2D eigenvalue weighted by Gasteiger charge is 2.19. The average molecular weight is 228 g/mol. The molecule has 0 unspecified atom stereocenters. The average Bonchev–Trinajstić information content (AvgIpc) is 2.28. The van der Waals surface area contributed by atoms with Crippen LogP contribution < -0.4 is 0 Å². The van der Waals surface area contributed by atoms with Crippen molar-refractivity contribution in [3.8, 4) is 0 Å². The minimum absolute atomic E-state index is 0.787. The van der Waals surface area contributed by atoms with Gasteiger partial charge < -0.3 is 5.11 Å². The molecule has 0 spiro atoms. The number of rotatable bonds is 3. The molecule has 1 heteroatoms. The van der Waals surface area contributed by atoms with Crippen LogP contribution in [-0.4, -0.2) is 5.11 Å². The van der Waals surface area contributed by atoms with Crippen molar-refractivity contribution in [2.75, 3.05) is 0 Å². The van der Waals surface area contributed by atoms with Crippen LogP contribution in [0.2, 0.25) is 0 Å². The normalized spacial score (nSPS) is 12.0. The van der Waals surface area contributed by atoms with Crippen molar-refractivity contribution in [3.05, 3.63) is 47.5 Å². The summed E-state index contributed by atoms with van der Waals surface area (Å²) >= 11 is 0. The molecule has 0 radical (unpaired) electrons. The third kappa shape index (κ3) is 2.34. The van der Waals surface area contributed by atoms with Crippen LogP contribution in [0.5, 0.6) is 0 Å². The summed E-state index contributed by atoms with van der Waals surface area (Å²) < 4.78 is 0. The molecule has 2 aromatic rings. The number of fused-ring (bicyclic) bond motifs is 1. The van der Waals surface area contributed by atoms with Crippen LogP contribution in [0.3, 0.4) is 0 Å². The van der Waals surface area contributed by atoms with E-state index in [1.54, 1.807) is 0 Å². The molecule has 0 aliphatic carbocycles. The highest BCUT2D eigenvalue weighted by atomic mass is 16.3. The Balaban J connectivity index is 2.71. The second kappa shape index (κ2) is 4.50. The maximum Gasteiger partial charge on any atom is 0.0846 e. The van der Waals surface area contributed by atoms with Crippen LogP contribution in [0, 0.1) is 0 Å². The Morgan fingerprint density at radius 2 is 1.65 bits per heavy atom. The van der Waals surface area contributed by atoms with Crippen molar-refractivity contribution in [1.82, 2.24) is 0 Å². The minimum Gasteiger partial charge on any atom is -0.386 e. The zero-order valence-corrected chi connectivity index (χ0v) is 10.8. The first-order chi connectivity index (χ1) is 8.04. The number of aryl methyl sites for hydroxylation is 1. The fourth-order valence-corrected chi connectivity index (χ4v) is 2.38. The SMILES string of the molecule is CCCc1ccc(C(C)(C)O)c2ccccc12. The molecule has 0 saturated carbocycles. The maximum atomic E-state index is 10.2. The summed E-state index contributed by atoms with van der Waals surface area (Å²) in [5.41, 5.74) is 1.59. The van der Waals surface area contributed by atoms with E-state index >= 15 is 0 Å². The summed E-state index contributed by atoms with van der Waals surface area (Å²) in [7, 11) is 0. The number of hydrogen-bond acceptors (Lipinski definition) is 1. The van der Waals surface area contributed by atoms with E-state index in [2.05, 4.69) is 37.3 Å². The molecular formula is C16H20O. The Hall–Kier alpha value is -1.34. The molecule has 17 heavy (non-hydrogen) atoms. The highest BCUT2D eigenvalue weighted by molar-refractivity contribution is 5.89. The molecule has 90 valence electrons. The summed E-state index contributed by atoms with van der Waals surface area (Å²) in [4.78, 5) is 0. The van der Waals surface area contributed by atoms with Gasteiger partial charge in [0.25, 0.3) is 0 Å². The predicted molar refractivity (Wildman–Crippen MR) is 73.2 cm³/mol. The van der Waals surface area contributed by atoms with Gasteiger partial charge >= 0.3 is 0 Å². The molecule has 0 atom stereocenters. The lowest BCUT2D eigenvalue weighted by Gasteiger charge is -2.21. The molecule has 0 amide bonds. The zero-order chi connectivity index (χ0) is 12.5. The van der Waals surface area contributed by atoms with Gasteiger partial charge in [0.2, 0.25) is 0 Å². The first-order valence-electron chi connectivity index (χ1n) is 6.27. The molecule has 2 aromatic carbocycles. The molecule has 0 fully saturated rings. The minimum atomic E-state index is -0.787. The molecule has 1 N–H and O–H groups in total. The Morgan fingerprint density at radius 3 is 2.24 bits per heavy atom. The van der Waals surface area contributed by atoms with Crippen LogP contribution in [0.1, 0.15) is 38.3 Å². The first-order valence-corrected chi connectivity index (χ1v) is 6.27. The summed E-state index contributed by atoms with van der Waals surface area (Å²) in [6, 6.07) is 12.6. The predicted octanol–water partition coefficient (Wildman–Crippen LogP) is 4.02. The van der Waals surface area contributed by atoms with Crippen molar-refractivity contribution in [2.24, 2.45) is 0 Å². The smallest absolute Gasteiger partial charge is 0.0846 e. The molecule has 0 saturated heterocycles. The van der Waals surface area contributed by atoms with Gasteiger partial charge in [0, 0.05) is 0 Å². The highest BCUT2D eigenvalue weighted by Crippen LogP contribution is 2.30. The third-order valence-corrected chi connectivity index (χ3v) is 3.19. The van der Waals surface area contributed by atoms with Gasteiger partial charge in [-0.15, -0.1) is 0 Å². The fraction of sp³-hybridized carbons (Fsp3) is 0.375. The summed E-state index contributed by atoms with van der Waals surface area (Å²) in [6.07, 6.45) is 2.23. The van der Waals surface area contributed by atoms with E-state index in [1.807, 2.05) is 19.9 Å². The van der Waals surface area contributed by atoms with Gasteiger partial charge in [-0.25, -0.2) is 0 Å². The third-order valence-electron chi connectivity index (χ3n) is 3.19. The van der Waals surface area contributed by atoms with E-state index in [4.69, 9.17) is 0 Å². The van der Waals surface area contributed by atoms with Crippen LogP contribution in [-0.2, 0) is 12.0 Å². The fourth-order valence-electron chi connectivity index (χ4n) is 2.38. The van der Waals surface area contributed by atoms with Crippen molar-refractivity contribution in [3.63, 3.8) is 0 Å². The van der Waals surface area contributed by atoms with Crippen molar-refractivity contribution < 1.29 is 5.11 Å². The Kier molecular flexibility index (Phi) is 3.21. The summed E-state index contributed by atoms with van der Waals surface area (Å²) in [5, 5.41) is 12.7. The number of hydrogen-bond donors (Lipinski definition) is 1. The van der Waals surface area contributed by atoms with E-state index in [1.165, 1.54) is 16.3 Å².